The number of aliphatic hydroxyl groups excluding tert-OH is 1. The number of hydrogen-bond acceptors (Lipinski definition) is 9. The van der Waals surface area contributed by atoms with Crippen molar-refractivity contribution in [2.45, 2.75) is 6.42 Å². The maximum atomic E-state index is 12.4. The van der Waals surface area contributed by atoms with Gasteiger partial charge in [0.25, 0.3) is 11.5 Å². The molecule has 0 radical (unpaired) electrons. The number of amides is 1. The Bertz CT molecular complexity index is 1010. The zero-order valence-electron chi connectivity index (χ0n) is 13.9. The molecule has 0 unspecified atom stereocenters. The maximum Gasteiger partial charge on any atom is 0.296 e. The van der Waals surface area contributed by atoms with Crippen molar-refractivity contribution in [3.8, 4) is 17.3 Å². The van der Waals surface area contributed by atoms with Crippen molar-refractivity contribution in [2.75, 3.05) is 11.9 Å². The first-order chi connectivity index (χ1) is 12.4. The Balaban J connectivity index is 2.11. The lowest BCUT2D eigenvalue weighted by Crippen LogP contribution is -2.25. The van der Waals surface area contributed by atoms with E-state index < -0.39 is 22.9 Å². The second kappa shape index (κ2) is 6.76. The van der Waals surface area contributed by atoms with E-state index in [4.69, 9.17) is 5.11 Å². The van der Waals surface area contributed by atoms with Crippen LogP contribution in [0.25, 0.3) is 11.5 Å². The van der Waals surface area contributed by atoms with Crippen molar-refractivity contribution in [3.63, 3.8) is 0 Å². The van der Waals surface area contributed by atoms with Gasteiger partial charge in [0.05, 0.1) is 11.9 Å². The van der Waals surface area contributed by atoms with Gasteiger partial charge < -0.3 is 20.1 Å². The summed E-state index contributed by atoms with van der Waals surface area (Å²) in [7, 11) is 2.95. The monoisotopic (exact) mass is 361 g/mol. The van der Waals surface area contributed by atoms with Crippen molar-refractivity contribution < 1.29 is 19.5 Å². The third-order valence-corrected chi connectivity index (χ3v) is 3.52. The van der Waals surface area contributed by atoms with Gasteiger partial charge >= 0.3 is 0 Å². The Morgan fingerprint density at radius 2 is 2.12 bits per heavy atom. The first-order valence-electron chi connectivity index (χ1n) is 7.44. The summed E-state index contributed by atoms with van der Waals surface area (Å²) in [5, 5.41) is 33.3. The SMILES string of the molecule is Cn1nc(CCO)c(-c2nc(C(=O)Nc3cnoc3)c(O)c(=O)n2C)n1. The van der Waals surface area contributed by atoms with Crippen LogP contribution < -0.4 is 10.9 Å². The summed E-state index contributed by atoms with van der Waals surface area (Å²) < 4.78 is 5.66. The van der Waals surface area contributed by atoms with Crippen LogP contribution in [0.2, 0.25) is 0 Å². The van der Waals surface area contributed by atoms with Crippen LogP contribution in [-0.2, 0) is 20.5 Å². The summed E-state index contributed by atoms with van der Waals surface area (Å²) in [5.41, 5.74) is -0.455. The molecule has 1 amide bonds. The summed E-state index contributed by atoms with van der Waals surface area (Å²) in [6, 6.07) is 0. The fraction of sp³-hybridized carbons (Fsp3) is 0.286. The minimum Gasteiger partial charge on any atom is -0.501 e. The molecule has 12 heteroatoms. The quantitative estimate of drug-likeness (QED) is 0.520. The van der Waals surface area contributed by atoms with Gasteiger partial charge in [-0.3, -0.25) is 14.2 Å². The van der Waals surface area contributed by atoms with E-state index in [0.29, 0.717) is 5.69 Å². The molecule has 0 atom stereocenters. The molecule has 0 aliphatic carbocycles. The van der Waals surface area contributed by atoms with Crippen molar-refractivity contribution in [2.24, 2.45) is 14.1 Å². The predicted molar refractivity (Wildman–Crippen MR) is 86.4 cm³/mol. The lowest BCUT2D eigenvalue weighted by Gasteiger charge is -2.10. The Kier molecular flexibility index (Phi) is 4.49. The van der Waals surface area contributed by atoms with E-state index in [0.717, 1.165) is 4.57 Å². The van der Waals surface area contributed by atoms with Gasteiger partial charge in [0, 0.05) is 27.1 Å². The molecule has 0 aromatic carbocycles. The number of hydrogen-bond donors (Lipinski definition) is 3. The Morgan fingerprint density at radius 3 is 2.77 bits per heavy atom. The van der Waals surface area contributed by atoms with E-state index in [-0.39, 0.29) is 30.2 Å². The summed E-state index contributed by atoms with van der Waals surface area (Å²) in [4.78, 5) is 30.0. The molecule has 3 N–H and O–H groups in total. The van der Waals surface area contributed by atoms with Crippen molar-refractivity contribution in [1.29, 1.82) is 0 Å². The second-order valence-corrected chi connectivity index (χ2v) is 5.32. The molecule has 26 heavy (non-hydrogen) atoms. The largest absolute Gasteiger partial charge is 0.501 e. The number of nitrogens with zero attached hydrogens (tertiary/aromatic N) is 6. The molecule has 0 spiro atoms. The molecule has 0 saturated heterocycles. The normalized spacial score (nSPS) is 10.9. The van der Waals surface area contributed by atoms with Crippen LogP contribution in [0.5, 0.6) is 5.75 Å². The molecule has 0 aliphatic heterocycles. The average Bonchev–Trinajstić information content (AvgIpc) is 3.23. The molecule has 0 saturated carbocycles. The van der Waals surface area contributed by atoms with Crippen LogP contribution in [0.15, 0.2) is 21.8 Å². The molecular weight excluding hydrogens is 346 g/mol. The van der Waals surface area contributed by atoms with Crippen molar-refractivity contribution >= 4 is 11.6 Å². The van der Waals surface area contributed by atoms with E-state index in [2.05, 4.69) is 30.2 Å². The van der Waals surface area contributed by atoms with E-state index in [1.165, 1.54) is 24.3 Å². The lowest BCUT2D eigenvalue weighted by molar-refractivity contribution is 0.101. The maximum absolute atomic E-state index is 12.4. The summed E-state index contributed by atoms with van der Waals surface area (Å²) in [6.45, 7) is -0.182. The molecule has 12 nitrogen and oxygen atoms in total. The third-order valence-electron chi connectivity index (χ3n) is 3.52. The molecule has 0 bridgehead atoms. The van der Waals surface area contributed by atoms with Gasteiger partial charge in [-0.15, -0.1) is 0 Å². The fourth-order valence-electron chi connectivity index (χ4n) is 2.31. The molecule has 3 rings (SSSR count). The molecule has 0 fully saturated rings. The summed E-state index contributed by atoms with van der Waals surface area (Å²) in [6.07, 6.45) is 2.61. The van der Waals surface area contributed by atoms with E-state index in [1.807, 2.05) is 0 Å². The second-order valence-electron chi connectivity index (χ2n) is 5.32. The standard InChI is InChI=1S/C14H15N7O5/c1-20-12(9-8(3-4-22)18-21(2)19-9)17-10(11(23)14(20)25)13(24)16-7-5-15-26-6-7/h5-6,22-23H,3-4H2,1-2H3,(H,16,24). The van der Waals surface area contributed by atoms with E-state index >= 15 is 0 Å². The number of carbonyl (C=O) groups is 1. The number of aromatic hydroxyl groups is 1. The Morgan fingerprint density at radius 1 is 1.35 bits per heavy atom. The van der Waals surface area contributed by atoms with Crippen LogP contribution in [-0.4, -0.2) is 52.4 Å². The number of rotatable bonds is 5. The number of carbonyl (C=O) groups excluding carboxylic acids is 1. The van der Waals surface area contributed by atoms with Crippen LogP contribution >= 0.6 is 0 Å². The summed E-state index contributed by atoms with van der Waals surface area (Å²) in [5.74, 6) is -1.60. The molecule has 3 aromatic rings. The van der Waals surface area contributed by atoms with Gasteiger partial charge in [-0.2, -0.15) is 15.0 Å². The number of aromatic nitrogens is 6. The van der Waals surface area contributed by atoms with Crippen LogP contribution in [0.3, 0.4) is 0 Å². The van der Waals surface area contributed by atoms with Crippen LogP contribution in [0.4, 0.5) is 5.69 Å². The third kappa shape index (κ3) is 3.04. The number of aryl methyl sites for hydroxylation is 1. The van der Waals surface area contributed by atoms with Gasteiger partial charge in [0.1, 0.15) is 12.0 Å². The number of nitrogens with one attached hydrogen (secondary N) is 1. The average molecular weight is 361 g/mol. The topological polar surface area (TPSA) is 161 Å². The van der Waals surface area contributed by atoms with Crippen LogP contribution in [0.1, 0.15) is 16.2 Å². The zero-order chi connectivity index (χ0) is 18.8. The van der Waals surface area contributed by atoms with Gasteiger partial charge in [0.15, 0.2) is 17.2 Å². The van der Waals surface area contributed by atoms with Crippen molar-refractivity contribution in [1.82, 2.24) is 29.7 Å². The molecule has 3 heterocycles. The predicted octanol–water partition coefficient (Wildman–Crippen LogP) is -0.944. The molecule has 0 aliphatic rings. The Hall–Kier alpha value is -3.54. The highest BCUT2D eigenvalue weighted by molar-refractivity contribution is 6.04. The molecule has 3 aromatic heterocycles. The van der Waals surface area contributed by atoms with Crippen LogP contribution in [0, 0.1) is 0 Å². The first-order valence-corrected chi connectivity index (χ1v) is 7.44. The Labute approximate surface area is 145 Å². The minimum atomic E-state index is -0.828. The lowest BCUT2D eigenvalue weighted by atomic mass is 10.2. The van der Waals surface area contributed by atoms with E-state index in [1.54, 1.807) is 7.05 Å². The van der Waals surface area contributed by atoms with E-state index in [9.17, 15) is 14.7 Å². The minimum absolute atomic E-state index is 0.0276. The van der Waals surface area contributed by atoms with Crippen molar-refractivity contribution in [3.05, 3.63) is 34.2 Å². The smallest absolute Gasteiger partial charge is 0.296 e. The van der Waals surface area contributed by atoms with Gasteiger partial charge in [-0.25, -0.2) is 4.98 Å². The molecule has 136 valence electrons. The fourth-order valence-corrected chi connectivity index (χ4v) is 2.31. The summed E-state index contributed by atoms with van der Waals surface area (Å²) >= 11 is 0. The highest BCUT2D eigenvalue weighted by Crippen LogP contribution is 2.21. The number of aliphatic hydroxyl groups is 1. The highest BCUT2D eigenvalue weighted by atomic mass is 16.5. The molecular formula is C14H15N7O5. The van der Waals surface area contributed by atoms with Gasteiger partial charge in [-0.05, 0) is 0 Å². The number of anilines is 1. The zero-order valence-corrected chi connectivity index (χ0v) is 13.9. The highest BCUT2D eigenvalue weighted by Gasteiger charge is 2.24. The van der Waals surface area contributed by atoms with Gasteiger partial charge in [0.2, 0.25) is 5.75 Å². The van der Waals surface area contributed by atoms with Gasteiger partial charge in [-0.1, -0.05) is 5.16 Å². The first kappa shape index (κ1) is 17.3.